The van der Waals surface area contributed by atoms with Gasteiger partial charge in [-0.3, -0.25) is 0 Å². The summed E-state index contributed by atoms with van der Waals surface area (Å²) < 4.78 is 1.81. The highest BCUT2D eigenvalue weighted by molar-refractivity contribution is 7.09. The number of anilines is 1. The van der Waals surface area contributed by atoms with Crippen molar-refractivity contribution in [1.29, 1.82) is 0 Å². The molecule has 5 nitrogen and oxygen atoms in total. The van der Waals surface area contributed by atoms with Crippen LogP contribution in [0.5, 0.6) is 5.75 Å². The van der Waals surface area contributed by atoms with Gasteiger partial charge in [-0.2, -0.15) is 0 Å². The highest BCUT2D eigenvalue weighted by atomic mass is 32.1. The van der Waals surface area contributed by atoms with Gasteiger partial charge < -0.3 is 10.4 Å². The van der Waals surface area contributed by atoms with E-state index in [0.29, 0.717) is 0 Å². The molecular weight excluding hydrogens is 308 g/mol. The quantitative estimate of drug-likeness (QED) is 0.600. The lowest BCUT2D eigenvalue weighted by Gasteiger charge is -2.06. The Hall–Kier alpha value is -2.86. The molecule has 0 saturated carbocycles. The van der Waals surface area contributed by atoms with Crippen molar-refractivity contribution in [3.8, 4) is 17.0 Å². The van der Waals surface area contributed by atoms with E-state index in [-0.39, 0.29) is 5.75 Å². The van der Waals surface area contributed by atoms with Crippen LogP contribution in [0.2, 0.25) is 0 Å². The lowest BCUT2D eigenvalue weighted by molar-refractivity contribution is 0.475. The van der Waals surface area contributed by atoms with Gasteiger partial charge in [-0.25, -0.2) is 9.50 Å². The van der Waals surface area contributed by atoms with Gasteiger partial charge in [0.05, 0.1) is 18.4 Å². The second-order valence-corrected chi connectivity index (χ2v) is 6.14. The van der Waals surface area contributed by atoms with Gasteiger partial charge in [-0.1, -0.05) is 6.07 Å². The molecule has 4 rings (SSSR count). The van der Waals surface area contributed by atoms with E-state index < -0.39 is 0 Å². The van der Waals surface area contributed by atoms with Gasteiger partial charge in [0.2, 0.25) is 0 Å². The summed E-state index contributed by atoms with van der Waals surface area (Å²) in [6.45, 7) is 0.749. The van der Waals surface area contributed by atoms with Gasteiger partial charge >= 0.3 is 0 Å². The Labute approximate surface area is 136 Å². The number of rotatable bonds is 4. The summed E-state index contributed by atoms with van der Waals surface area (Å²) in [6, 6.07) is 15.0. The standard InChI is InChI=1S/C17H14N4OS/c22-13-5-3-12(4-6-13)15-11-19-17-8-7-16(20-21(15)17)18-10-14-2-1-9-23-14/h1-9,11,22H,10H2,(H,18,20). The summed E-state index contributed by atoms with van der Waals surface area (Å²) >= 11 is 1.72. The molecule has 0 aliphatic carbocycles. The first-order chi connectivity index (χ1) is 11.3. The molecule has 3 aromatic heterocycles. The van der Waals surface area contributed by atoms with Crippen molar-refractivity contribution in [2.45, 2.75) is 6.54 Å². The molecule has 0 atom stereocenters. The maximum atomic E-state index is 9.42. The zero-order valence-electron chi connectivity index (χ0n) is 12.2. The van der Waals surface area contributed by atoms with Gasteiger partial charge in [0.1, 0.15) is 11.6 Å². The van der Waals surface area contributed by atoms with Gasteiger partial charge in [-0.15, -0.1) is 16.4 Å². The van der Waals surface area contributed by atoms with Crippen LogP contribution in [0.3, 0.4) is 0 Å². The molecule has 2 N–H and O–H groups in total. The topological polar surface area (TPSA) is 62.5 Å². The number of imidazole rings is 1. The number of nitrogens with one attached hydrogen (secondary N) is 1. The summed E-state index contributed by atoms with van der Waals surface area (Å²) in [4.78, 5) is 5.64. The summed E-state index contributed by atoms with van der Waals surface area (Å²) in [7, 11) is 0. The van der Waals surface area contributed by atoms with Crippen LogP contribution < -0.4 is 5.32 Å². The predicted molar refractivity (Wildman–Crippen MR) is 91.7 cm³/mol. The van der Waals surface area contributed by atoms with E-state index in [4.69, 9.17) is 0 Å². The first-order valence-electron chi connectivity index (χ1n) is 7.20. The minimum absolute atomic E-state index is 0.244. The minimum Gasteiger partial charge on any atom is -0.508 e. The first kappa shape index (κ1) is 13.8. The Kier molecular flexibility index (Phi) is 3.44. The highest BCUT2D eigenvalue weighted by Gasteiger charge is 2.08. The monoisotopic (exact) mass is 322 g/mol. The summed E-state index contributed by atoms with van der Waals surface area (Å²) in [5.41, 5.74) is 2.63. The fraction of sp³-hybridized carbons (Fsp3) is 0.0588. The molecule has 0 unspecified atom stereocenters. The average molecular weight is 322 g/mol. The Balaban J connectivity index is 1.67. The van der Waals surface area contributed by atoms with Crippen molar-refractivity contribution in [1.82, 2.24) is 14.6 Å². The van der Waals surface area contributed by atoms with E-state index >= 15 is 0 Å². The summed E-state index contributed by atoms with van der Waals surface area (Å²) in [5, 5.41) is 19.4. The van der Waals surface area contributed by atoms with Crippen molar-refractivity contribution in [3.05, 3.63) is 65.0 Å². The molecule has 1 aromatic carbocycles. The normalized spacial score (nSPS) is 11.0. The summed E-state index contributed by atoms with van der Waals surface area (Å²) in [6.07, 6.45) is 1.79. The highest BCUT2D eigenvalue weighted by Crippen LogP contribution is 2.23. The molecular formula is C17H14N4OS. The Morgan fingerprint density at radius 3 is 2.74 bits per heavy atom. The second-order valence-electron chi connectivity index (χ2n) is 5.11. The van der Waals surface area contributed by atoms with E-state index in [1.807, 2.05) is 34.8 Å². The van der Waals surface area contributed by atoms with Crippen LogP contribution in [0.15, 0.2) is 60.1 Å². The zero-order valence-corrected chi connectivity index (χ0v) is 13.0. The van der Waals surface area contributed by atoms with Crippen molar-refractivity contribution in [3.63, 3.8) is 0 Å². The molecule has 3 heterocycles. The molecule has 0 amide bonds. The second kappa shape index (κ2) is 5.73. The Morgan fingerprint density at radius 2 is 1.96 bits per heavy atom. The van der Waals surface area contributed by atoms with Gasteiger partial charge in [0.25, 0.3) is 0 Å². The third kappa shape index (κ3) is 2.76. The van der Waals surface area contributed by atoms with Crippen LogP contribution in [0.25, 0.3) is 16.9 Å². The third-order valence-corrected chi connectivity index (χ3v) is 4.43. The fourth-order valence-electron chi connectivity index (χ4n) is 2.39. The molecule has 0 bridgehead atoms. The lowest BCUT2D eigenvalue weighted by atomic mass is 10.2. The number of phenols is 1. The molecule has 0 spiro atoms. The molecule has 0 radical (unpaired) electrons. The molecule has 114 valence electrons. The number of hydrogen-bond acceptors (Lipinski definition) is 5. The van der Waals surface area contributed by atoms with E-state index in [1.54, 1.807) is 29.7 Å². The smallest absolute Gasteiger partial charge is 0.154 e. The number of hydrogen-bond donors (Lipinski definition) is 2. The predicted octanol–water partition coefficient (Wildman–Crippen LogP) is 3.78. The largest absolute Gasteiger partial charge is 0.508 e. The number of phenolic OH excluding ortho intramolecular Hbond substituents is 1. The number of aromatic hydroxyl groups is 1. The van der Waals surface area contributed by atoms with Crippen molar-refractivity contribution in [2.75, 3.05) is 5.32 Å². The van der Waals surface area contributed by atoms with E-state index in [9.17, 15) is 5.11 Å². The lowest BCUT2D eigenvalue weighted by Crippen LogP contribution is -2.03. The number of fused-ring (bicyclic) bond motifs is 1. The molecule has 4 aromatic rings. The van der Waals surface area contributed by atoms with Gasteiger partial charge in [0, 0.05) is 10.4 Å². The fourth-order valence-corrected chi connectivity index (χ4v) is 3.03. The number of nitrogens with zero attached hydrogens (tertiary/aromatic N) is 3. The van der Waals surface area contributed by atoms with Crippen LogP contribution in [0.1, 0.15) is 4.88 Å². The minimum atomic E-state index is 0.244. The van der Waals surface area contributed by atoms with Gasteiger partial charge in [0.15, 0.2) is 5.65 Å². The van der Waals surface area contributed by atoms with Crippen LogP contribution in [-0.2, 0) is 6.54 Å². The molecule has 0 fully saturated rings. The van der Waals surface area contributed by atoms with E-state index in [1.165, 1.54) is 4.88 Å². The third-order valence-electron chi connectivity index (χ3n) is 3.55. The average Bonchev–Trinajstić information content (AvgIpc) is 3.23. The maximum absolute atomic E-state index is 9.42. The number of benzene rings is 1. The molecule has 6 heteroatoms. The van der Waals surface area contributed by atoms with Gasteiger partial charge in [-0.05, 0) is 47.8 Å². The van der Waals surface area contributed by atoms with Crippen LogP contribution >= 0.6 is 11.3 Å². The maximum Gasteiger partial charge on any atom is 0.154 e. The SMILES string of the molecule is Oc1ccc(-c2cnc3ccc(NCc4cccs4)nn23)cc1. The molecule has 0 saturated heterocycles. The Bertz CT molecular complexity index is 929. The molecule has 23 heavy (non-hydrogen) atoms. The number of thiophene rings is 1. The van der Waals surface area contributed by atoms with Crippen molar-refractivity contribution < 1.29 is 5.11 Å². The van der Waals surface area contributed by atoms with Crippen LogP contribution in [0.4, 0.5) is 5.82 Å². The van der Waals surface area contributed by atoms with Crippen molar-refractivity contribution in [2.24, 2.45) is 0 Å². The van der Waals surface area contributed by atoms with E-state index in [0.717, 1.165) is 29.3 Å². The molecule has 0 aliphatic heterocycles. The van der Waals surface area contributed by atoms with E-state index in [2.05, 4.69) is 26.8 Å². The van der Waals surface area contributed by atoms with Crippen LogP contribution in [0, 0.1) is 0 Å². The zero-order chi connectivity index (χ0) is 15.6. The molecule has 0 aliphatic rings. The van der Waals surface area contributed by atoms with Crippen LogP contribution in [-0.4, -0.2) is 19.7 Å². The number of aromatic nitrogens is 3. The first-order valence-corrected chi connectivity index (χ1v) is 8.08. The van der Waals surface area contributed by atoms with Crippen molar-refractivity contribution >= 4 is 22.8 Å². The Morgan fingerprint density at radius 1 is 1.09 bits per heavy atom. The summed E-state index contributed by atoms with van der Waals surface area (Å²) in [5.74, 6) is 1.04.